The van der Waals surface area contributed by atoms with Gasteiger partial charge in [0, 0.05) is 20.5 Å². The molecule has 2 amide bonds. The van der Waals surface area contributed by atoms with Crippen LogP contribution in [0.15, 0.2) is 0 Å². The van der Waals surface area contributed by atoms with Crippen LogP contribution >= 0.6 is 0 Å². The van der Waals surface area contributed by atoms with E-state index in [0.29, 0.717) is 52.9 Å². The molecule has 0 saturated carbocycles. The number of aliphatic hydroxyl groups is 9. The zero-order valence-corrected chi connectivity index (χ0v) is 39.5. The molecular weight excluding hydrogens is 935 g/mol. The number of hydrogen-bond acceptors (Lipinski definition) is 24. The highest BCUT2D eigenvalue weighted by Gasteiger charge is 2.58. The Morgan fingerprint density at radius 3 is 1.68 bits per heavy atom. The molecule has 3 aliphatic heterocycles. The molecule has 69 heavy (non-hydrogen) atoms. The molecule has 3 rings (SSSR count). The highest BCUT2D eigenvalue weighted by molar-refractivity contribution is 5.73. The van der Waals surface area contributed by atoms with Gasteiger partial charge in [-0.25, -0.2) is 4.39 Å². The highest BCUT2D eigenvalue weighted by Crippen LogP contribution is 2.39. The Morgan fingerprint density at radius 1 is 0.681 bits per heavy atom. The number of amides is 2. The summed E-state index contributed by atoms with van der Waals surface area (Å²) < 4.78 is 88.8. The predicted molar refractivity (Wildman–Crippen MR) is 229 cm³/mol. The third-order valence-corrected chi connectivity index (χ3v) is 11.0. The minimum atomic E-state index is -2.76. The quantitative estimate of drug-likeness (QED) is 0.0207. The number of alkyl halides is 1. The van der Waals surface area contributed by atoms with E-state index in [1.165, 1.54) is 0 Å². The van der Waals surface area contributed by atoms with Crippen molar-refractivity contribution >= 4 is 11.8 Å². The van der Waals surface area contributed by atoms with Crippen LogP contribution in [0, 0.1) is 0 Å². The van der Waals surface area contributed by atoms with Gasteiger partial charge in [0.1, 0.15) is 67.8 Å². The van der Waals surface area contributed by atoms with E-state index in [-0.39, 0.29) is 26.4 Å². The lowest BCUT2D eigenvalue weighted by Gasteiger charge is -2.51. The molecule has 3 saturated heterocycles. The lowest BCUT2D eigenvalue weighted by Crippen LogP contribution is -2.70. The number of hydrogen-bond donors (Lipinski definition) is 11. The van der Waals surface area contributed by atoms with Gasteiger partial charge in [0.2, 0.25) is 11.8 Å². The van der Waals surface area contributed by atoms with E-state index in [1.807, 2.05) is 0 Å². The van der Waals surface area contributed by atoms with Gasteiger partial charge in [-0.1, -0.05) is 19.8 Å². The molecule has 0 spiro atoms. The van der Waals surface area contributed by atoms with Crippen LogP contribution in [0.4, 0.5) is 4.39 Å². The molecule has 26 nitrogen and oxygen atoms in total. The van der Waals surface area contributed by atoms with Gasteiger partial charge in [0.15, 0.2) is 18.8 Å². The van der Waals surface area contributed by atoms with Crippen LogP contribution in [0.1, 0.15) is 46.5 Å². The zero-order valence-electron chi connectivity index (χ0n) is 39.5. The number of aliphatic hydroxyl groups excluding tert-OH is 9. The molecule has 0 aromatic rings. The Labute approximate surface area is 400 Å². The average Bonchev–Trinajstić information content (AvgIpc) is 3.32. The second kappa shape index (κ2) is 33.7. The maximum atomic E-state index is 16.1. The third-order valence-electron chi connectivity index (χ3n) is 11.0. The second-order valence-electron chi connectivity index (χ2n) is 16.3. The van der Waals surface area contributed by atoms with Gasteiger partial charge in [0.05, 0.1) is 118 Å². The molecule has 11 N–H and O–H groups in total. The summed E-state index contributed by atoms with van der Waals surface area (Å²) in [5.74, 6) is -4.11. The molecular formula is C42H77FN2O24. The standard InChI is InChI=1S/C42H77FN2O24/c1-4-5-6-7-57-8-9-58-10-11-59-12-13-60-14-15-61-16-17-62-18-19-63-40-33(45-26(3)51)35(55)37(30(23-48)66-40)67-41-36(56)38(31(43)29(22-47)65-41)68-42(64-24-49)20-27(52)32(44-25(2)50)39(69-42)34(54)28(53)21-46/h27-41,46-49,52-56H,4-24H2,1-3H3,(H,44,50)(H,45,51)/t27?,28-,29?,30?,31+,32?,33?,34-,35-,36?,37+,38+,39?,40-,41+,42?/m1/s1. The molecule has 8 unspecified atom stereocenters. The second-order valence-corrected chi connectivity index (χ2v) is 16.3. The van der Waals surface area contributed by atoms with E-state index in [9.17, 15) is 55.5 Å². The third kappa shape index (κ3) is 20.4. The topological polar surface area (TPSA) is 360 Å². The minimum absolute atomic E-state index is 0.0215. The number of rotatable bonds is 36. The van der Waals surface area contributed by atoms with E-state index < -0.39 is 143 Å². The summed E-state index contributed by atoms with van der Waals surface area (Å²) >= 11 is 0. The van der Waals surface area contributed by atoms with Crippen LogP contribution in [-0.4, -0.2) is 268 Å². The summed E-state index contributed by atoms with van der Waals surface area (Å²) in [6.45, 7) is 4.75. The summed E-state index contributed by atoms with van der Waals surface area (Å²) in [5.41, 5.74) is 0. The molecule has 406 valence electrons. The van der Waals surface area contributed by atoms with Crippen molar-refractivity contribution in [1.82, 2.24) is 10.6 Å². The number of ether oxygens (including phenoxy) is 13. The molecule has 3 aliphatic rings. The molecule has 3 heterocycles. The van der Waals surface area contributed by atoms with Crippen molar-refractivity contribution in [2.45, 2.75) is 144 Å². The summed E-state index contributed by atoms with van der Waals surface area (Å²) in [4.78, 5) is 24.2. The Bertz CT molecular complexity index is 1390. The molecule has 0 aromatic carbocycles. The van der Waals surface area contributed by atoms with E-state index >= 15 is 4.39 Å². The van der Waals surface area contributed by atoms with Crippen LogP contribution in [0.3, 0.4) is 0 Å². The fourth-order valence-corrected chi connectivity index (χ4v) is 7.53. The van der Waals surface area contributed by atoms with E-state index in [0.717, 1.165) is 39.7 Å². The monoisotopic (exact) mass is 1010 g/mol. The number of unbranched alkanes of at least 4 members (excludes halogenated alkanes) is 2. The average molecular weight is 1010 g/mol. The van der Waals surface area contributed by atoms with Crippen LogP contribution in [-0.2, 0) is 71.2 Å². The maximum Gasteiger partial charge on any atom is 0.288 e. The van der Waals surface area contributed by atoms with E-state index in [4.69, 9.17) is 61.6 Å². The minimum Gasteiger partial charge on any atom is -0.394 e. The smallest absolute Gasteiger partial charge is 0.288 e. The lowest BCUT2D eigenvalue weighted by atomic mass is 9.91. The zero-order chi connectivity index (χ0) is 50.8. The van der Waals surface area contributed by atoms with Crippen molar-refractivity contribution < 1.29 is 122 Å². The van der Waals surface area contributed by atoms with Gasteiger partial charge < -0.3 is 118 Å². The number of nitrogens with one attached hydrogen (secondary N) is 2. The highest BCUT2D eigenvalue weighted by atomic mass is 19.1. The van der Waals surface area contributed by atoms with Gasteiger partial charge in [-0.15, -0.1) is 0 Å². The Hall–Kier alpha value is -2.01. The van der Waals surface area contributed by atoms with Crippen molar-refractivity contribution in [3.63, 3.8) is 0 Å². The van der Waals surface area contributed by atoms with Crippen molar-refractivity contribution in [3.05, 3.63) is 0 Å². The summed E-state index contributed by atoms with van der Waals surface area (Å²) in [7, 11) is 0. The molecule has 0 radical (unpaired) electrons. The lowest BCUT2D eigenvalue weighted by molar-refractivity contribution is -0.465. The predicted octanol–water partition coefficient (Wildman–Crippen LogP) is -4.95. The van der Waals surface area contributed by atoms with Gasteiger partial charge in [-0.05, 0) is 6.42 Å². The first-order valence-corrected chi connectivity index (χ1v) is 23.2. The fraction of sp³-hybridized carbons (Fsp3) is 0.952. The first kappa shape index (κ1) is 61.3. The van der Waals surface area contributed by atoms with Crippen LogP contribution in [0.5, 0.6) is 0 Å². The van der Waals surface area contributed by atoms with Gasteiger partial charge >= 0.3 is 0 Å². The Morgan fingerprint density at radius 2 is 1.19 bits per heavy atom. The van der Waals surface area contributed by atoms with Crippen molar-refractivity contribution in [1.29, 1.82) is 0 Å². The summed E-state index contributed by atoms with van der Waals surface area (Å²) in [6.07, 6.45) is -22.0. The molecule has 0 bridgehead atoms. The largest absolute Gasteiger partial charge is 0.394 e. The van der Waals surface area contributed by atoms with Crippen LogP contribution < -0.4 is 10.6 Å². The van der Waals surface area contributed by atoms with Gasteiger partial charge in [0.25, 0.3) is 5.97 Å². The molecule has 3 fully saturated rings. The molecule has 27 heteroatoms. The van der Waals surface area contributed by atoms with E-state index in [2.05, 4.69) is 17.6 Å². The number of carbonyl (C=O) groups is 2. The fourth-order valence-electron chi connectivity index (χ4n) is 7.53. The Balaban J connectivity index is 1.51. The van der Waals surface area contributed by atoms with Gasteiger partial charge in [-0.3, -0.25) is 9.59 Å². The first-order chi connectivity index (χ1) is 33.2. The van der Waals surface area contributed by atoms with Crippen molar-refractivity contribution in [3.8, 4) is 0 Å². The Kier molecular flexibility index (Phi) is 29.9. The molecule has 0 aliphatic carbocycles. The van der Waals surface area contributed by atoms with Crippen LogP contribution in [0.25, 0.3) is 0 Å². The van der Waals surface area contributed by atoms with Crippen molar-refractivity contribution in [2.75, 3.05) is 113 Å². The van der Waals surface area contributed by atoms with Crippen LogP contribution in [0.2, 0.25) is 0 Å². The van der Waals surface area contributed by atoms with E-state index in [1.54, 1.807) is 0 Å². The van der Waals surface area contributed by atoms with Crippen molar-refractivity contribution in [2.24, 2.45) is 0 Å². The SMILES string of the molecule is CCCCCOCCOCCOCCOCCOCCOCCO[C@@H]1OC(CO)[C@H](O[C@@H]2OC(CO)[C@H](F)[C@H](OC3(OCO)CC(O)C(NC(C)=O)C([C@H](O)[C@H](O)CO)O3)C2O)[C@H](O)C1NC(C)=O. The molecule has 16 atom stereocenters. The first-order valence-electron chi connectivity index (χ1n) is 23.2. The summed E-state index contributed by atoms with van der Waals surface area (Å²) in [6, 6.07) is -2.86. The maximum absolute atomic E-state index is 16.1. The number of halogens is 1. The van der Waals surface area contributed by atoms with Gasteiger partial charge in [-0.2, -0.15) is 0 Å². The normalized spacial score (nSPS) is 32.7. The molecule has 0 aromatic heterocycles. The number of carbonyl (C=O) groups excluding carboxylic acids is 2. The summed E-state index contributed by atoms with van der Waals surface area (Å²) in [5, 5.41) is 99.8.